The van der Waals surface area contributed by atoms with Gasteiger partial charge < -0.3 is 4.90 Å². The molecule has 1 aliphatic rings. The van der Waals surface area contributed by atoms with Crippen molar-refractivity contribution in [3.8, 4) is 5.69 Å². The topological polar surface area (TPSA) is 55.2 Å². The molecule has 4 rings (SSSR count). The average molecular weight is 498 g/mol. The molecule has 5 nitrogen and oxygen atoms in total. The summed E-state index contributed by atoms with van der Waals surface area (Å²) >= 11 is 7.51. The van der Waals surface area contributed by atoms with E-state index >= 15 is 0 Å². The summed E-state index contributed by atoms with van der Waals surface area (Å²) in [4.78, 5) is 33.5. The van der Waals surface area contributed by atoms with Gasteiger partial charge in [-0.3, -0.25) is 14.2 Å². The minimum absolute atomic E-state index is 0.0915. The van der Waals surface area contributed by atoms with Crippen LogP contribution in [0.1, 0.15) is 64.9 Å². The highest BCUT2D eigenvalue weighted by Crippen LogP contribution is 2.27. The van der Waals surface area contributed by atoms with Crippen LogP contribution in [0.5, 0.6) is 0 Å². The molecule has 2 aromatic carbocycles. The Morgan fingerprint density at radius 2 is 1.82 bits per heavy atom. The van der Waals surface area contributed by atoms with E-state index in [-0.39, 0.29) is 29.3 Å². The highest BCUT2D eigenvalue weighted by atomic mass is 35.5. The number of benzene rings is 2. The summed E-state index contributed by atoms with van der Waals surface area (Å²) in [5.74, 6) is 0.777. The zero-order valence-corrected chi connectivity index (χ0v) is 21.8. The zero-order chi connectivity index (χ0) is 24.4. The lowest BCUT2D eigenvalue weighted by atomic mass is 9.98. The van der Waals surface area contributed by atoms with Gasteiger partial charge in [-0.15, -0.1) is 0 Å². The van der Waals surface area contributed by atoms with Crippen LogP contribution in [0.15, 0.2) is 52.4 Å². The van der Waals surface area contributed by atoms with E-state index in [1.165, 1.54) is 17.3 Å². The predicted molar refractivity (Wildman–Crippen MR) is 141 cm³/mol. The number of piperidine rings is 1. The second-order valence-electron chi connectivity index (χ2n) is 9.32. The SMILES string of the molecule is CC[C@H](C)c1ccc(-n2c(SCC(=O)N3[C@H](C)CCC[C@H]3C)nc3ccc(Cl)cc3c2=O)cc1. The molecule has 0 radical (unpaired) electrons. The maximum absolute atomic E-state index is 13.6. The lowest BCUT2D eigenvalue weighted by molar-refractivity contribution is -0.134. The highest BCUT2D eigenvalue weighted by Gasteiger charge is 2.29. The molecular formula is C27H32ClN3O2S. The quantitative estimate of drug-likeness (QED) is 0.290. The maximum Gasteiger partial charge on any atom is 0.266 e. The standard InChI is InChI=1S/C27H32ClN3O2S/c1-5-17(2)20-9-12-22(13-10-20)31-26(33)23-15-21(28)11-14-24(23)29-27(31)34-16-25(32)30-18(3)7-6-8-19(30)4/h9-15,17-19H,5-8,16H2,1-4H3/t17-,18+,19+/m0/s1. The molecule has 1 aromatic heterocycles. The molecule has 3 aromatic rings. The van der Waals surface area contributed by atoms with Crippen molar-refractivity contribution in [2.24, 2.45) is 0 Å². The number of thioether (sulfide) groups is 1. The Labute approximate surface area is 210 Å². The molecule has 0 saturated carbocycles. The van der Waals surface area contributed by atoms with Crippen LogP contribution in [-0.4, -0.2) is 38.2 Å². The van der Waals surface area contributed by atoms with Crippen LogP contribution < -0.4 is 5.56 Å². The minimum atomic E-state index is -0.182. The normalized spacial score (nSPS) is 19.4. The lowest BCUT2D eigenvalue weighted by Gasteiger charge is -2.39. The summed E-state index contributed by atoms with van der Waals surface area (Å²) in [5, 5.41) is 1.47. The molecule has 34 heavy (non-hydrogen) atoms. The van der Waals surface area contributed by atoms with Gasteiger partial charge in [0.05, 0.1) is 22.3 Å². The fraction of sp³-hybridized carbons (Fsp3) is 0.444. The Morgan fingerprint density at radius 1 is 1.15 bits per heavy atom. The summed E-state index contributed by atoms with van der Waals surface area (Å²) in [6, 6.07) is 13.7. The number of aromatic nitrogens is 2. The third-order valence-electron chi connectivity index (χ3n) is 6.94. The second kappa shape index (κ2) is 10.5. The molecule has 1 amide bonds. The van der Waals surface area contributed by atoms with Crippen molar-refractivity contribution in [1.29, 1.82) is 0 Å². The molecule has 0 aliphatic carbocycles. The highest BCUT2D eigenvalue weighted by molar-refractivity contribution is 7.99. The van der Waals surface area contributed by atoms with E-state index < -0.39 is 0 Å². The summed E-state index contributed by atoms with van der Waals surface area (Å²) < 4.78 is 1.61. The first-order chi connectivity index (χ1) is 16.3. The summed E-state index contributed by atoms with van der Waals surface area (Å²) in [6.07, 6.45) is 4.26. The third-order valence-corrected chi connectivity index (χ3v) is 8.10. The Morgan fingerprint density at radius 3 is 2.47 bits per heavy atom. The molecule has 180 valence electrons. The van der Waals surface area contributed by atoms with E-state index in [2.05, 4.69) is 39.8 Å². The molecule has 0 bridgehead atoms. The van der Waals surface area contributed by atoms with Crippen LogP contribution in [0.4, 0.5) is 0 Å². The first kappa shape index (κ1) is 24.8. The fourth-order valence-corrected chi connectivity index (χ4v) is 5.82. The monoisotopic (exact) mass is 497 g/mol. The van der Waals surface area contributed by atoms with Gasteiger partial charge >= 0.3 is 0 Å². The second-order valence-corrected chi connectivity index (χ2v) is 10.7. The summed E-state index contributed by atoms with van der Waals surface area (Å²) in [7, 11) is 0. The zero-order valence-electron chi connectivity index (χ0n) is 20.3. The molecule has 2 heterocycles. The van der Waals surface area contributed by atoms with Crippen molar-refractivity contribution in [3.05, 3.63) is 63.4 Å². The third kappa shape index (κ3) is 5.03. The number of likely N-dealkylation sites (tertiary alicyclic amines) is 1. The number of carbonyl (C=O) groups excluding carboxylic acids is 1. The Kier molecular flexibility index (Phi) is 7.68. The summed E-state index contributed by atoms with van der Waals surface area (Å²) in [6.45, 7) is 8.59. The largest absolute Gasteiger partial charge is 0.337 e. The van der Waals surface area contributed by atoms with E-state index in [1.54, 1.807) is 22.8 Å². The lowest BCUT2D eigenvalue weighted by Crippen LogP contribution is -2.48. The van der Waals surface area contributed by atoms with Crippen LogP contribution in [0.25, 0.3) is 16.6 Å². The molecule has 3 atom stereocenters. The Hall–Kier alpha value is -2.31. The number of carbonyl (C=O) groups is 1. The van der Waals surface area contributed by atoms with Crippen molar-refractivity contribution >= 4 is 40.2 Å². The summed E-state index contributed by atoms with van der Waals surface area (Å²) in [5.41, 5.74) is 2.37. The smallest absolute Gasteiger partial charge is 0.266 e. The molecule has 1 aliphatic heterocycles. The van der Waals surface area contributed by atoms with Crippen LogP contribution in [0.2, 0.25) is 5.02 Å². The Bertz CT molecular complexity index is 1230. The number of halogens is 1. The first-order valence-corrected chi connectivity index (χ1v) is 13.4. The van der Waals surface area contributed by atoms with E-state index in [0.717, 1.165) is 31.4 Å². The maximum atomic E-state index is 13.6. The first-order valence-electron chi connectivity index (χ1n) is 12.1. The van der Waals surface area contributed by atoms with E-state index in [9.17, 15) is 9.59 Å². The van der Waals surface area contributed by atoms with E-state index in [1.807, 2.05) is 17.0 Å². The van der Waals surface area contributed by atoms with Crippen LogP contribution in [0, 0.1) is 0 Å². The van der Waals surface area contributed by atoms with Crippen molar-refractivity contribution in [1.82, 2.24) is 14.5 Å². The average Bonchev–Trinajstić information content (AvgIpc) is 2.83. The molecule has 0 unspecified atom stereocenters. The molecule has 0 spiro atoms. The number of fused-ring (bicyclic) bond motifs is 1. The van der Waals surface area contributed by atoms with Crippen LogP contribution in [0.3, 0.4) is 0 Å². The molecule has 7 heteroatoms. The number of hydrogen-bond donors (Lipinski definition) is 0. The van der Waals surface area contributed by atoms with Gasteiger partial charge in [-0.05, 0) is 81.3 Å². The van der Waals surface area contributed by atoms with Crippen molar-refractivity contribution in [3.63, 3.8) is 0 Å². The minimum Gasteiger partial charge on any atom is -0.337 e. The van der Waals surface area contributed by atoms with Gasteiger partial charge in [0, 0.05) is 17.1 Å². The van der Waals surface area contributed by atoms with Gasteiger partial charge in [0.25, 0.3) is 5.56 Å². The molecule has 1 fully saturated rings. The van der Waals surface area contributed by atoms with E-state index in [0.29, 0.717) is 27.0 Å². The number of rotatable bonds is 6. The molecular weight excluding hydrogens is 466 g/mol. The van der Waals surface area contributed by atoms with Crippen molar-refractivity contribution in [2.45, 2.75) is 76.5 Å². The molecule has 1 saturated heterocycles. The van der Waals surface area contributed by atoms with Crippen LogP contribution >= 0.6 is 23.4 Å². The van der Waals surface area contributed by atoms with E-state index in [4.69, 9.17) is 16.6 Å². The predicted octanol–water partition coefficient (Wildman–Crippen LogP) is 6.43. The number of nitrogens with zero attached hydrogens (tertiary/aromatic N) is 3. The van der Waals surface area contributed by atoms with Crippen LogP contribution in [-0.2, 0) is 4.79 Å². The van der Waals surface area contributed by atoms with Crippen molar-refractivity contribution in [2.75, 3.05) is 5.75 Å². The fourth-order valence-electron chi connectivity index (χ4n) is 4.76. The van der Waals surface area contributed by atoms with Gasteiger partial charge in [0.1, 0.15) is 0 Å². The van der Waals surface area contributed by atoms with Gasteiger partial charge in [-0.25, -0.2) is 4.98 Å². The van der Waals surface area contributed by atoms with Gasteiger partial charge in [0.2, 0.25) is 5.91 Å². The van der Waals surface area contributed by atoms with Gasteiger partial charge in [-0.2, -0.15) is 0 Å². The van der Waals surface area contributed by atoms with Gasteiger partial charge in [0.15, 0.2) is 5.16 Å². The Balaban J connectivity index is 1.72. The van der Waals surface area contributed by atoms with Crippen molar-refractivity contribution < 1.29 is 4.79 Å². The van der Waals surface area contributed by atoms with Gasteiger partial charge in [-0.1, -0.05) is 49.3 Å². The number of hydrogen-bond acceptors (Lipinski definition) is 4. The number of amides is 1. The molecule has 0 N–H and O–H groups in total.